The van der Waals surface area contributed by atoms with E-state index < -0.39 is 5.41 Å². The molecule has 0 bridgehead atoms. The van der Waals surface area contributed by atoms with Crippen LogP contribution in [0.4, 0.5) is 0 Å². The molecular formula is C26H22N4O3. The van der Waals surface area contributed by atoms with E-state index in [4.69, 9.17) is 14.7 Å². The van der Waals surface area contributed by atoms with Gasteiger partial charge in [-0.1, -0.05) is 18.2 Å². The lowest BCUT2D eigenvalue weighted by Crippen LogP contribution is -2.33. The van der Waals surface area contributed by atoms with Gasteiger partial charge >= 0.3 is 0 Å². The largest absolute Gasteiger partial charge is 0.489 e. The number of carbonyl (C=O) groups is 1. The first-order valence-electron chi connectivity index (χ1n) is 10.5. The van der Waals surface area contributed by atoms with Crippen LogP contribution in [0, 0.1) is 22.7 Å². The van der Waals surface area contributed by atoms with Crippen molar-refractivity contribution in [2.45, 2.75) is 32.1 Å². The molecule has 0 saturated carbocycles. The Hall–Kier alpha value is -4.20. The van der Waals surface area contributed by atoms with Crippen molar-refractivity contribution in [3.05, 3.63) is 94.3 Å². The average molecular weight is 438 g/mol. The third-order valence-electron chi connectivity index (χ3n) is 5.57. The molecule has 0 spiro atoms. The number of nitrogens with zero attached hydrogens (tertiary/aromatic N) is 3. The van der Waals surface area contributed by atoms with E-state index in [1.807, 2.05) is 25.1 Å². The van der Waals surface area contributed by atoms with Crippen LogP contribution in [-0.2, 0) is 29.9 Å². The number of ether oxygens (including phenoxy) is 2. The van der Waals surface area contributed by atoms with Gasteiger partial charge in [0, 0.05) is 17.8 Å². The van der Waals surface area contributed by atoms with Crippen molar-refractivity contribution >= 4 is 5.91 Å². The molecule has 0 radical (unpaired) electrons. The predicted molar refractivity (Wildman–Crippen MR) is 120 cm³/mol. The first-order valence-corrected chi connectivity index (χ1v) is 10.5. The zero-order valence-electron chi connectivity index (χ0n) is 18.2. The van der Waals surface area contributed by atoms with Crippen molar-refractivity contribution in [1.82, 2.24) is 10.3 Å². The van der Waals surface area contributed by atoms with Gasteiger partial charge in [0.2, 0.25) is 0 Å². The maximum atomic E-state index is 12.7. The molecule has 2 aromatic carbocycles. The Kier molecular flexibility index (Phi) is 6.35. The van der Waals surface area contributed by atoms with Gasteiger partial charge in [-0.2, -0.15) is 10.5 Å². The molecule has 164 valence electrons. The number of carbonyl (C=O) groups excluding carboxylic acids is 1. The van der Waals surface area contributed by atoms with E-state index in [1.54, 1.807) is 42.6 Å². The number of aromatic nitrogens is 1. The molecule has 4 rings (SSSR count). The number of nitriles is 2. The molecule has 2 heterocycles. The van der Waals surface area contributed by atoms with Crippen LogP contribution in [-0.4, -0.2) is 17.5 Å². The predicted octanol–water partition coefficient (Wildman–Crippen LogP) is 3.77. The summed E-state index contributed by atoms with van der Waals surface area (Å²) < 4.78 is 11.3. The highest BCUT2D eigenvalue weighted by molar-refractivity contribution is 5.94. The van der Waals surface area contributed by atoms with Crippen LogP contribution in [0.1, 0.15) is 45.2 Å². The SMILES string of the molecule is C[C@@]1(C#N)COCc2ccc(C(=O)NCc3cc(OCc4ccc(C#N)cc4)ccn3)cc21. The highest BCUT2D eigenvalue weighted by Crippen LogP contribution is 2.32. The second-order valence-electron chi connectivity index (χ2n) is 8.07. The zero-order chi connectivity index (χ0) is 23.3. The lowest BCUT2D eigenvalue weighted by Gasteiger charge is -2.30. The van der Waals surface area contributed by atoms with Gasteiger partial charge in [0.25, 0.3) is 5.91 Å². The van der Waals surface area contributed by atoms with Gasteiger partial charge in [-0.15, -0.1) is 0 Å². The Morgan fingerprint density at radius 1 is 1.18 bits per heavy atom. The molecule has 7 nitrogen and oxygen atoms in total. The van der Waals surface area contributed by atoms with E-state index in [0.29, 0.717) is 42.4 Å². The van der Waals surface area contributed by atoms with E-state index in [9.17, 15) is 10.1 Å². The van der Waals surface area contributed by atoms with Crippen LogP contribution >= 0.6 is 0 Å². The average Bonchev–Trinajstić information content (AvgIpc) is 2.86. The van der Waals surface area contributed by atoms with E-state index in [-0.39, 0.29) is 12.5 Å². The maximum absolute atomic E-state index is 12.7. The molecule has 33 heavy (non-hydrogen) atoms. The number of rotatable bonds is 6. The monoisotopic (exact) mass is 438 g/mol. The molecule has 3 aromatic rings. The number of fused-ring (bicyclic) bond motifs is 1. The van der Waals surface area contributed by atoms with Gasteiger partial charge in [0.05, 0.1) is 43.2 Å². The Balaban J connectivity index is 1.38. The van der Waals surface area contributed by atoms with E-state index >= 15 is 0 Å². The standard InChI is InChI=1S/C26H22N4O3/c1-26(16-28)17-32-15-21-7-6-20(10-24(21)26)25(31)30-13-22-11-23(8-9-29-22)33-14-19-4-2-18(12-27)3-5-19/h2-11H,13-15,17H2,1H3,(H,30,31)/t26-/m1/s1. The lowest BCUT2D eigenvalue weighted by atomic mass is 9.79. The van der Waals surface area contributed by atoms with E-state index in [2.05, 4.69) is 22.4 Å². The summed E-state index contributed by atoms with van der Waals surface area (Å²) in [7, 11) is 0. The molecule has 0 fully saturated rings. The van der Waals surface area contributed by atoms with Crippen LogP contribution in [0.25, 0.3) is 0 Å². The second kappa shape index (κ2) is 9.52. The molecule has 1 N–H and O–H groups in total. The summed E-state index contributed by atoms with van der Waals surface area (Å²) in [5, 5.41) is 21.3. The number of benzene rings is 2. The Bertz CT molecular complexity index is 1260. The quantitative estimate of drug-likeness (QED) is 0.628. The summed E-state index contributed by atoms with van der Waals surface area (Å²) in [5.74, 6) is 0.396. The van der Waals surface area contributed by atoms with Crippen molar-refractivity contribution < 1.29 is 14.3 Å². The summed E-state index contributed by atoms with van der Waals surface area (Å²) in [5.41, 5.74) is 3.69. The Morgan fingerprint density at radius 3 is 2.76 bits per heavy atom. The van der Waals surface area contributed by atoms with Crippen molar-refractivity contribution in [2.75, 3.05) is 6.61 Å². The van der Waals surface area contributed by atoms with Crippen molar-refractivity contribution in [2.24, 2.45) is 0 Å². The minimum absolute atomic E-state index is 0.239. The number of pyridine rings is 1. The van der Waals surface area contributed by atoms with Crippen LogP contribution in [0.15, 0.2) is 60.8 Å². The van der Waals surface area contributed by atoms with E-state index in [0.717, 1.165) is 16.7 Å². The third kappa shape index (κ3) is 5.01. The number of nitrogens with one attached hydrogen (secondary N) is 1. The van der Waals surface area contributed by atoms with Crippen molar-refractivity contribution in [1.29, 1.82) is 10.5 Å². The summed E-state index contributed by atoms with van der Waals surface area (Å²) in [6.45, 7) is 3.16. The Labute approximate surface area is 192 Å². The topological polar surface area (TPSA) is 108 Å². The zero-order valence-corrected chi connectivity index (χ0v) is 18.2. The first kappa shape index (κ1) is 22.0. The fraction of sp³-hybridized carbons (Fsp3) is 0.231. The first-order chi connectivity index (χ1) is 16.0. The summed E-state index contributed by atoms with van der Waals surface area (Å²) >= 11 is 0. The van der Waals surface area contributed by atoms with Gasteiger partial charge in [-0.25, -0.2) is 0 Å². The highest BCUT2D eigenvalue weighted by atomic mass is 16.5. The molecule has 1 aliphatic heterocycles. The fourth-order valence-corrected chi connectivity index (χ4v) is 3.65. The molecule has 0 aliphatic carbocycles. The highest BCUT2D eigenvalue weighted by Gasteiger charge is 2.33. The second-order valence-corrected chi connectivity index (χ2v) is 8.07. The maximum Gasteiger partial charge on any atom is 0.251 e. The van der Waals surface area contributed by atoms with Crippen molar-refractivity contribution in [3.63, 3.8) is 0 Å². The minimum atomic E-state index is -0.772. The smallest absolute Gasteiger partial charge is 0.251 e. The fourth-order valence-electron chi connectivity index (χ4n) is 3.65. The third-order valence-corrected chi connectivity index (χ3v) is 5.57. The van der Waals surface area contributed by atoms with Crippen LogP contribution in [0.2, 0.25) is 0 Å². The molecule has 1 aliphatic rings. The van der Waals surface area contributed by atoms with Gasteiger partial charge in [0.1, 0.15) is 17.8 Å². The van der Waals surface area contributed by atoms with Crippen molar-refractivity contribution in [3.8, 4) is 17.9 Å². The number of amides is 1. The summed E-state index contributed by atoms with van der Waals surface area (Å²) in [4.78, 5) is 17.0. The molecule has 0 saturated heterocycles. The molecular weight excluding hydrogens is 416 g/mol. The summed E-state index contributed by atoms with van der Waals surface area (Å²) in [6.07, 6.45) is 1.63. The molecule has 1 amide bonds. The van der Waals surface area contributed by atoms with Gasteiger partial charge in [-0.05, 0) is 53.9 Å². The lowest BCUT2D eigenvalue weighted by molar-refractivity contribution is 0.0757. The van der Waals surface area contributed by atoms with Crippen LogP contribution < -0.4 is 10.1 Å². The van der Waals surface area contributed by atoms with Gasteiger partial charge in [-0.3, -0.25) is 9.78 Å². The number of hydrogen-bond donors (Lipinski definition) is 1. The molecule has 1 atom stereocenters. The summed E-state index contributed by atoms with van der Waals surface area (Å²) in [6, 6.07) is 20.5. The van der Waals surface area contributed by atoms with Gasteiger partial charge in [0.15, 0.2) is 0 Å². The molecule has 1 aromatic heterocycles. The number of hydrogen-bond acceptors (Lipinski definition) is 6. The Morgan fingerprint density at radius 2 is 2.00 bits per heavy atom. The van der Waals surface area contributed by atoms with Crippen LogP contribution in [0.5, 0.6) is 5.75 Å². The molecule has 7 heteroatoms. The van der Waals surface area contributed by atoms with Crippen LogP contribution in [0.3, 0.4) is 0 Å². The molecule has 0 unspecified atom stereocenters. The van der Waals surface area contributed by atoms with E-state index in [1.165, 1.54) is 0 Å². The normalized spacial score (nSPS) is 16.7. The minimum Gasteiger partial charge on any atom is -0.489 e. The van der Waals surface area contributed by atoms with Gasteiger partial charge < -0.3 is 14.8 Å².